The van der Waals surface area contributed by atoms with Crippen molar-refractivity contribution in [2.45, 2.75) is 44.9 Å². The standard InChI is InChI=1S/C17H29N3O5/c1-11(2)8-13(18)16(22)20(6-3-5-19-10-20)14-4-7-25-15(14)12(9-21)17(23)24/h3,6,11-15,19,21H,4-5,7-10,18H2,1-2H3/p+1/t12-,13-,14+,15?,20?/m0/s1. The fourth-order valence-electron chi connectivity index (χ4n) is 3.89. The van der Waals surface area contributed by atoms with E-state index in [1.165, 1.54) is 0 Å². The first-order valence-electron chi connectivity index (χ1n) is 8.84. The topological polar surface area (TPSA) is 122 Å². The van der Waals surface area contributed by atoms with E-state index in [9.17, 15) is 19.8 Å². The Hall–Kier alpha value is -1.32. The summed E-state index contributed by atoms with van der Waals surface area (Å²) in [5.74, 6) is -2.04. The van der Waals surface area contributed by atoms with E-state index in [1.54, 1.807) is 0 Å². The number of carbonyl (C=O) groups is 2. The molecule has 2 heterocycles. The first-order chi connectivity index (χ1) is 11.8. The Morgan fingerprint density at radius 2 is 2.16 bits per heavy atom. The summed E-state index contributed by atoms with van der Waals surface area (Å²) in [6.07, 6.45) is 4.06. The normalized spacial score (nSPS) is 31.9. The monoisotopic (exact) mass is 356 g/mol. The summed E-state index contributed by atoms with van der Waals surface area (Å²) in [6.45, 7) is 4.85. The van der Waals surface area contributed by atoms with Crippen LogP contribution in [0.2, 0.25) is 0 Å². The van der Waals surface area contributed by atoms with Crippen LogP contribution in [0.3, 0.4) is 0 Å². The van der Waals surface area contributed by atoms with Gasteiger partial charge in [-0.05, 0) is 18.4 Å². The lowest BCUT2D eigenvalue weighted by Crippen LogP contribution is -2.67. The number of nitrogens with two attached hydrogens (primary N) is 1. The number of carboxylic acids is 1. The Labute approximate surface area is 148 Å². The maximum absolute atomic E-state index is 13.3. The van der Waals surface area contributed by atoms with Crippen molar-refractivity contribution in [1.82, 2.24) is 5.32 Å². The summed E-state index contributed by atoms with van der Waals surface area (Å²) < 4.78 is 5.59. The minimum absolute atomic E-state index is 0.0671. The Balaban J connectivity index is 2.36. The lowest BCUT2D eigenvalue weighted by atomic mass is 9.92. The fraction of sp³-hybridized carbons (Fsp3) is 0.765. The van der Waals surface area contributed by atoms with Gasteiger partial charge in [0, 0.05) is 13.0 Å². The van der Waals surface area contributed by atoms with Gasteiger partial charge in [0.05, 0.1) is 13.2 Å². The van der Waals surface area contributed by atoms with Crippen LogP contribution in [0.4, 0.5) is 0 Å². The number of amides is 1. The number of aliphatic carboxylic acids is 1. The first kappa shape index (κ1) is 20.0. The quantitative estimate of drug-likeness (QED) is 0.459. The highest BCUT2D eigenvalue weighted by atomic mass is 16.5. The van der Waals surface area contributed by atoms with Crippen molar-refractivity contribution in [3.8, 4) is 0 Å². The largest absolute Gasteiger partial charge is 0.481 e. The zero-order valence-electron chi connectivity index (χ0n) is 14.9. The number of nitrogens with zero attached hydrogens (tertiary/aromatic N) is 1. The zero-order chi connectivity index (χ0) is 18.6. The summed E-state index contributed by atoms with van der Waals surface area (Å²) in [4.78, 5) is 24.8. The maximum Gasteiger partial charge on any atom is 0.336 e. The summed E-state index contributed by atoms with van der Waals surface area (Å²) in [5, 5.41) is 22.1. The number of hydrogen-bond acceptors (Lipinski definition) is 6. The van der Waals surface area contributed by atoms with Crippen LogP contribution >= 0.6 is 0 Å². The van der Waals surface area contributed by atoms with Crippen molar-refractivity contribution in [3.63, 3.8) is 0 Å². The molecule has 8 heteroatoms. The molecule has 0 aromatic carbocycles. The van der Waals surface area contributed by atoms with Gasteiger partial charge in [0.1, 0.15) is 37.0 Å². The molecule has 8 nitrogen and oxygen atoms in total. The SMILES string of the molecule is CC(C)C[C@H](N)C(=O)[N+]1([C@@H]2CCOC2[C@H](CO)C(=O)O)C=CCNC1. The Morgan fingerprint density at radius 1 is 1.44 bits per heavy atom. The second-order valence-electron chi connectivity index (χ2n) is 7.32. The van der Waals surface area contributed by atoms with Crippen LogP contribution < -0.4 is 11.1 Å². The van der Waals surface area contributed by atoms with Gasteiger partial charge < -0.3 is 20.7 Å². The van der Waals surface area contributed by atoms with E-state index in [-0.39, 0.29) is 22.3 Å². The van der Waals surface area contributed by atoms with Gasteiger partial charge in [-0.2, -0.15) is 0 Å². The number of quaternary nitrogens is 1. The van der Waals surface area contributed by atoms with Crippen molar-refractivity contribution in [2.75, 3.05) is 26.4 Å². The molecule has 1 saturated heterocycles. The molecule has 0 spiro atoms. The van der Waals surface area contributed by atoms with Crippen LogP contribution in [-0.2, 0) is 14.3 Å². The van der Waals surface area contributed by atoms with Gasteiger partial charge in [0.2, 0.25) is 0 Å². The molecule has 0 bridgehead atoms. The van der Waals surface area contributed by atoms with E-state index < -0.39 is 30.6 Å². The lowest BCUT2D eigenvalue weighted by Gasteiger charge is -2.43. The molecule has 2 aliphatic rings. The molecule has 5 N–H and O–H groups in total. The third-order valence-corrected chi connectivity index (χ3v) is 5.07. The molecule has 2 aliphatic heterocycles. The van der Waals surface area contributed by atoms with E-state index in [1.807, 2.05) is 26.1 Å². The summed E-state index contributed by atoms with van der Waals surface area (Å²) >= 11 is 0. The number of hydrogen-bond donors (Lipinski definition) is 4. The lowest BCUT2D eigenvalue weighted by molar-refractivity contribution is -0.838. The molecule has 0 aromatic rings. The molecule has 0 aliphatic carbocycles. The van der Waals surface area contributed by atoms with E-state index in [0.29, 0.717) is 32.7 Å². The van der Waals surface area contributed by atoms with Crippen molar-refractivity contribution in [2.24, 2.45) is 17.6 Å². The molecule has 0 aromatic heterocycles. The van der Waals surface area contributed by atoms with Crippen LogP contribution in [0.15, 0.2) is 12.3 Å². The highest BCUT2D eigenvalue weighted by Gasteiger charge is 2.54. The minimum atomic E-state index is -1.12. The Morgan fingerprint density at radius 3 is 2.68 bits per heavy atom. The van der Waals surface area contributed by atoms with E-state index in [2.05, 4.69) is 5.32 Å². The molecular formula is C17H30N3O5+. The first-order valence-corrected chi connectivity index (χ1v) is 8.84. The van der Waals surface area contributed by atoms with Crippen LogP contribution in [0.25, 0.3) is 0 Å². The smallest absolute Gasteiger partial charge is 0.336 e. The summed E-state index contributed by atoms with van der Waals surface area (Å²) in [7, 11) is 0. The number of carboxylic acid groups (broad SMARTS) is 1. The number of ether oxygens (including phenoxy) is 1. The number of nitrogens with one attached hydrogen (secondary N) is 1. The molecule has 142 valence electrons. The highest BCUT2D eigenvalue weighted by Crippen LogP contribution is 2.33. The van der Waals surface area contributed by atoms with Gasteiger partial charge in [-0.3, -0.25) is 10.1 Å². The summed E-state index contributed by atoms with van der Waals surface area (Å²) in [5.41, 5.74) is 6.18. The third kappa shape index (κ3) is 4.09. The minimum Gasteiger partial charge on any atom is -0.481 e. The molecule has 1 fully saturated rings. The van der Waals surface area contributed by atoms with Crippen LogP contribution in [0.1, 0.15) is 26.7 Å². The third-order valence-electron chi connectivity index (χ3n) is 5.07. The van der Waals surface area contributed by atoms with E-state index in [4.69, 9.17) is 10.5 Å². The number of aliphatic hydroxyl groups is 1. The average Bonchev–Trinajstić information content (AvgIpc) is 3.04. The molecule has 2 unspecified atom stereocenters. The number of rotatable bonds is 7. The van der Waals surface area contributed by atoms with Gasteiger partial charge in [-0.1, -0.05) is 13.8 Å². The Kier molecular flexibility index (Phi) is 6.70. The van der Waals surface area contributed by atoms with E-state index >= 15 is 0 Å². The second kappa shape index (κ2) is 8.37. The Bertz CT molecular complexity index is 524. The van der Waals surface area contributed by atoms with Gasteiger partial charge in [-0.25, -0.2) is 9.28 Å². The molecular weight excluding hydrogens is 326 g/mol. The van der Waals surface area contributed by atoms with Crippen molar-refractivity contribution < 1.29 is 29.0 Å². The molecule has 25 heavy (non-hydrogen) atoms. The summed E-state index contributed by atoms with van der Waals surface area (Å²) in [6, 6.07) is -1.02. The fourth-order valence-corrected chi connectivity index (χ4v) is 3.89. The van der Waals surface area contributed by atoms with Crippen molar-refractivity contribution in [1.29, 1.82) is 0 Å². The van der Waals surface area contributed by atoms with Crippen molar-refractivity contribution in [3.05, 3.63) is 12.3 Å². The van der Waals surface area contributed by atoms with Crippen molar-refractivity contribution >= 4 is 11.9 Å². The average molecular weight is 356 g/mol. The van der Waals surface area contributed by atoms with Gasteiger partial charge in [0.15, 0.2) is 0 Å². The molecule has 1 amide bonds. The molecule has 0 saturated carbocycles. The maximum atomic E-state index is 13.3. The number of carbonyl (C=O) groups excluding carboxylic acids is 1. The molecule has 2 rings (SSSR count). The van der Waals surface area contributed by atoms with Crippen LogP contribution in [-0.4, -0.2) is 71.2 Å². The second-order valence-corrected chi connectivity index (χ2v) is 7.32. The van der Waals surface area contributed by atoms with Gasteiger partial charge in [0.25, 0.3) is 0 Å². The van der Waals surface area contributed by atoms with Gasteiger partial charge >= 0.3 is 11.9 Å². The predicted molar refractivity (Wildman–Crippen MR) is 91.1 cm³/mol. The molecule has 0 radical (unpaired) electrons. The predicted octanol–water partition coefficient (Wildman–Crippen LogP) is -0.372. The zero-order valence-corrected chi connectivity index (χ0v) is 14.9. The van der Waals surface area contributed by atoms with Crippen LogP contribution in [0.5, 0.6) is 0 Å². The highest BCUT2D eigenvalue weighted by molar-refractivity contribution is 5.76. The van der Waals surface area contributed by atoms with Gasteiger partial charge in [-0.15, -0.1) is 0 Å². The van der Waals surface area contributed by atoms with Crippen LogP contribution in [0, 0.1) is 11.8 Å². The number of aliphatic hydroxyl groups excluding tert-OH is 1. The molecule has 5 atom stereocenters. The van der Waals surface area contributed by atoms with E-state index in [0.717, 1.165) is 0 Å².